The van der Waals surface area contributed by atoms with Gasteiger partial charge in [0.05, 0.1) is 6.26 Å². The lowest BCUT2D eigenvalue weighted by atomic mass is 10.4. The third-order valence-corrected chi connectivity index (χ3v) is 1.08. The van der Waals surface area contributed by atoms with Gasteiger partial charge < -0.3 is 9.73 Å². The molecule has 0 saturated heterocycles. The maximum Gasteiger partial charge on any atom is 0.286 e. The lowest BCUT2D eigenvalue weighted by molar-refractivity contribution is 0.0928. The number of furan rings is 1. The van der Waals surface area contributed by atoms with Crippen LogP contribution in [0.15, 0.2) is 22.8 Å². The molecule has 0 aromatic carbocycles. The number of rotatable bonds is 2. The van der Waals surface area contributed by atoms with Crippen molar-refractivity contribution < 1.29 is 9.21 Å². The van der Waals surface area contributed by atoms with E-state index in [0.29, 0.717) is 12.3 Å². The number of hydrogen-bond donors (Lipinski definition) is 1. The van der Waals surface area contributed by atoms with E-state index in [0.717, 1.165) is 0 Å². The van der Waals surface area contributed by atoms with Crippen LogP contribution in [0.5, 0.6) is 0 Å². The van der Waals surface area contributed by atoms with Gasteiger partial charge in [0.2, 0.25) is 0 Å². The van der Waals surface area contributed by atoms with Gasteiger partial charge in [-0.3, -0.25) is 4.79 Å². The van der Waals surface area contributed by atoms with E-state index in [2.05, 4.69) is 5.32 Å². The van der Waals surface area contributed by atoms with Gasteiger partial charge in [-0.15, -0.1) is 0 Å². The summed E-state index contributed by atoms with van der Waals surface area (Å²) in [6, 6.07) is 3.32. The number of amides is 1. The molecule has 12 heavy (non-hydrogen) atoms. The molecule has 3 nitrogen and oxygen atoms in total. The van der Waals surface area contributed by atoms with Crippen molar-refractivity contribution in [2.45, 2.75) is 20.8 Å². The second kappa shape index (κ2) is 6.46. The Kier molecular flexibility index (Phi) is 5.79. The van der Waals surface area contributed by atoms with Crippen LogP contribution in [0, 0.1) is 0 Å². The number of carbonyl (C=O) groups is 1. The van der Waals surface area contributed by atoms with E-state index in [9.17, 15) is 4.79 Å². The Morgan fingerprint density at radius 3 is 2.67 bits per heavy atom. The van der Waals surface area contributed by atoms with Gasteiger partial charge in [0.15, 0.2) is 5.76 Å². The van der Waals surface area contributed by atoms with Crippen LogP contribution in [0.4, 0.5) is 0 Å². The summed E-state index contributed by atoms with van der Waals surface area (Å²) in [4.78, 5) is 10.9. The number of carbonyl (C=O) groups excluding carboxylic acids is 1. The van der Waals surface area contributed by atoms with E-state index in [-0.39, 0.29) is 5.91 Å². The van der Waals surface area contributed by atoms with Crippen molar-refractivity contribution in [1.82, 2.24) is 5.32 Å². The first-order valence-corrected chi connectivity index (χ1v) is 4.16. The van der Waals surface area contributed by atoms with Crippen LogP contribution in [0.1, 0.15) is 31.3 Å². The molecule has 1 rings (SSSR count). The molecular weight excluding hydrogens is 154 g/mol. The highest BCUT2D eigenvalue weighted by Gasteiger charge is 2.04. The summed E-state index contributed by atoms with van der Waals surface area (Å²) < 4.78 is 4.84. The Morgan fingerprint density at radius 2 is 2.25 bits per heavy atom. The Hall–Kier alpha value is -1.25. The van der Waals surface area contributed by atoms with Crippen molar-refractivity contribution in [2.75, 3.05) is 6.54 Å². The molecule has 1 heterocycles. The van der Waals surface area contributed by atoms with Crippen molar-refractivity contribution in [2.24, 2.45) is 0 Å². The fraction of sp³-hybridized carbons (Fsp3) is 0.444. The topological polar surface area (TPSA) is 42.2 Å². The standard InChI is InChI=1S/C7H9NO2.C2H6/c1-2-8-7(9)6-4-3-5-10-6;1-2/h3-5H,2H2,1H3,(H,8,9);1-2H3. The minimum Gasteiger partial charge on any atom is -0.459 e. The Bertz CT molecular complexity index is 204. The van der Waals surface area contributed by atoms with Crippen molar-refractivity contribution in [1.29, 1.82) is 0 Å². The molecule has 0 atom stereocenters. The average molecular weight is 169 g/mol. The van der Waals surface area contributed by atoms with E-state index >= 15 is 0 Å². The molecule has 0 aliphatic carbocycles. The van der Waals surface area contributed by atoms with Gasteiger partial charge in [-0.2, -0.15) is 0 Å². The van der Waals surface area contributed by atoms with Crippen LogP contribution in [-0.2, 0) is 0 Å². The Labute approximate surface area is 72.8 Å². The van der Waals surface area contributed by atoms with Crippen LogP contribution >= 0.6 is 0 Å². The summed E-state index contributed by atoms with van der Waals surface area (Å²) in [5, 5.41) is 2.62. The summed E-state index contributed by atoms with van der Waals surface area (Å²) in [6.45, 7) is 6.49. The smallest absolute Gasteiger partial charge is 0.286 e. The van der Waals surface area contributed by atoms with Gasteiger partial charge in [-0.05, 0) is 19.1 Å². The largest absolute Gasteiger partial charge is 0.459 e. The van der Waals surface area contributed by atoms with Gasteiger partial charge in [0, 0.05) is 6.54 Å². The van der Waals surface area contributed by atoms with Crippen LogP contribution in [-0.4, -0.2) is 12.5 Å². The first-order chi connectivity index (χ1) is 5.84. The summed E-state index contributed by atoms with van der Waals surface area (Å²) in [5.74, 6) is 0.203. The average Bonchev–Trinajstić information content (AvgIpc) is 2.60. The van der Waals surface area contributed by atoms with Crippen LogP contribution < -0.4 is 5.32 Å². The highest BCUT2D eigenvalue weighted by atomic mass is 16.3. The van der Waals surface area contributed by atoms with Gasteiger partial charge >= 0.3 is 0 Å². The summed E-state index contributed by atoms with van der Waals surface area (Å²) >= 11 is 0. The van der Waals surface area contributed by atoms with Crippen molar-refractivity contribution in [3.05, 3.63) is 24.2 Å². The highest BCUT2D eigenvalue weighted by Crippen LogP contribution is 1.97. The SMILES string of the molecule is CC.CCNC(=O)c1ccco1. The third-order valence-electron chi connectivity index (χ3n) is 1.08. The molecule has 0 aliphatic rings. The van der Waals surface area contributed by atoms with E-state index < -0.39 is 0 Å². The predicted molar refractivity (Wildman–Crippen MR) is 48.1 cm³/mol. The minimum atomic E-state index is -0.160. The highest BCUT2D eigenvalue weighted by molar-refractivity contribution is 5.91. The molecule has 0 saturated carbocycles. The van der Waals surface area contributed by atoms with E-state index in [1.807, 2.05) is 20.8 Å². The molecular formula is C9H15NO2. The third kappa shape index (κ3) is 3.23. The lowest BCUT2D eigenvalue weighted by Crippen LogP contribution is -2.21. The first kappa shape index (κ1) is 10.8. The van der Waals surface area contributed by atoms with Gasteiger partial charge in [0.1, 0.15) is 0 Å². The zero-order chi connectivity index (χ0) is 9.40. The molecule has 68 valence electrons. The maximum absolute atomic E-state index is 10.9. The zero-order valence-corrected chi connectivity index (χ0v) is 7.76. The molecule has 3 heteroatoms. The molecule has 0 bridgehead atoms. The molecule has 0 unspecified atom stereocenters. The van der Waals surface area contributed by atoms with Crippen LogP contribution in [0.25, 0.3) is 0 Å². The summed E-state index contributed by atoms with van der Waals surface area (Å²) in [5.41, 5.74) is 0. The minimum absolute atomic E-state index is 0.160. The second-order valence-corrected chi connectivity index (χ2v) is 1.84. The predicted octanol–water partition coefficient (Wildman–Crippen LogP) is 2.06. The zero-order valence-electron chi connectivity index (χ0n) is 7.76. The first-order valence-electron chi connectivity index (χ1n) is 4.16. The van der Waals surface area contributed by atoms with Gasteiger partial charge in [-0.1, -0.05) is 13.8 Å². The molecule has 0 fully saturated rings. The normalized spacial score (nSPS) is 8.25. The summed E-state index contributed by atoms with van der Waals surface area (Å²) in [7, 11) is 0. The Morgan fingerprint density at radius 1 is 1.58 bits per heavy atom. The molecule has 1 aromatic rings. The van der Waals surface area contributed by atoms with Crippen molar-refractivity contribution in [3.63, 3.8) is 0 Å². The molecule has 1 N–H and O–H groups in total. The monoisotopic (exact) mass is 169 g/mol. The van der Waals surface area contributed by atoms with Crippen molar-refractivity contribution >= 4 is 5.91 Å². The fourth-order valence-corrected chi connectivity index (χ4v) is 0.655. The maximum atomic E-state index is 10.9. The molecule has 1 amide bonds. The number of nitrogens with one attached hydrogen (secondary N) is 1. The van der Waals surface area contributed by atoms with E-state index in [1.165, 1.54) is 6.26 Å². The summed E-state index contributed by atoms with van der Waals surface area (Å²) in [6.07, 6.45) is 1.48. The quantitative estimate of drug-likeness (QED) is 0.736. The fourth-order valence-electron chi connectivity index (χ4n) is 0.655. The molecule has 0 radical (unpaired) electrons. The van der Waals surface area contributed by atoms with Gasteiger partial charge in [0.25, 0.3) is 5.91 Å². The number of hydrogen-bond acceptors (Lipinski definition) is 2. The van der Waals surface area contributed by atoms with E-state index in [4.69, 9.17) is 4.42 Å². The lowest BCUT2D eigenvalue weighted by Gasteiger charge is -1.95. The van der Waals surface area contributed by atoms with Crippen LogP contribution in [0.2, 0.25) is 0 Å². The molecule has 1 aromatic heterocycles. The van der Waals surface area contributed by atoms with E-state index in [1.54, 1.807) is 12.1 Å². The van der Waals surface area contributed by atoms with Crippen LogP contribution in [0.3, 0.4) is 0 Å². The second-order valence-electron chi connectivity index (χ2n) is 1.84. The van der Waals surface area contributed by atoms with Gasteiger partial charge in [-0.25, -0.2) is 0 Å². The van der Waals surface area contributed by atoms with Crippen molar-refractivity contribution in [3.8, 4) is 0 Å². The Balaban J connectivity index is 0.000000561. The molecule has 0 spiro atoms. The molecule has 0 aliphatic heterocycles.